The van der Waals surface area contributed by atoms with Crippen LogP contribution in [0.15, 0.2) is 34.9 Å². The molecule has 6 heteroatoms. The fourth-order valence-corrected chi connectivity index (χ4v) is 2.59. The van der Waals surface area contributed by atoms with E-state index >= 15 is 0 Å². The first-order valence-electron chi connectivity index (χ1n) is 5.13. The van der Waals surface area contributed by atoms with Crippen molar-refractivity contribution in [2.24, 2.45) is 0 Å². The molecule has 0 aliphatic carbocycles. The average Bonchev–Trinajstić information content (AvgIpc) is 2.92. The van der Waals surface area contributed by atoms with E-state index < -0.39 is 5.97 Å². The number of anilines is 1. The Bertz CT molecular complexity index is 745. The van der Waals surface area contributed by atoms with E-state index in [9.17, 15) is 4.79 Å². The van der Waals surface area contributed by atoms with Crippen molar-refractivity contribution in [3.8, 4) is 10.6 Å². The SMILES string of the molecule is Nc1sc(-c2coc3ccccc23)nc1C(=O)O. The summed E-state index contributed by atoms with van der Waals surface area (Å²) in [5, 5.41) is 10.6. The highest BCUT2D eigenvalue weighted by molar-refractivity contribution is 7.19. The normalized spacial score (nSPS) is 10.9. The summed E-state index contributed by atoms with van der Waals surface area (Å²) in [5.41, 5.74) is 7.02. The maximum atomic E-state index is 10.9. The van der Waals surface area contributed by atoms with Crippen LogP contribution in [0.3, 0.4) is 0 Å². The molecule has 0 aliphatic rings. The third kappa shape index (κ3) is 1.54. The van der Waals surface area contributed by atoms with Crippen molar-refractivity contribution in [2.45, 2.75) is 0 Å². The van der Waals surface area contributed by atoms with Crippen LogP contribution >= 0.6 is 11.3 Å². The molecule has 0 radical (unpaired) electrons. The van der Waals surface area contributed by atoms with E-state index in [1.165, 1.54) is 0 Å². The zero-order chi connectivity index (χ0) is 12.7. The zero-order valence-corrected chi connectivity index (χ0v) is 9.90. The topological polar surface area (TPSA) is 89.4 Å². The van der Waals surface area contributed by atoms with Crippen molar-refractivity contribution in [1.82, 2.24) is 4.98 Å². The first kappa shape index (κ1) is 10.8. The van der Waals surface area contributed by atoms with Crippen LogP contribution in [0, 0.1) is 0 Å². The van der Waals surface area contributed by atoms with Crippen LogP contribution in [0.5, 0.6) is 0 Å². The summed E-state index contributed by atoms with van der Waals surface area (Å²) in [5.74, 6) is -1.12. The van der Waals surface area contributed by atoms with Gasteiger partial charge in [0.1, 0.15) is 21.9 Å². The third-order valence-corrected chi connectivity index (χ3v) is 3.49. The number of benzene rings is 1. The van der Waals surface area contributed by atoms with E-state index in [4.69, 9.17) is 15.3 Å². The van der Waals surface area contributed by atoms with Crippen molar-refractivity contribution in [3.63, 3.8) is 0 Å². The molecule has 2 aromatic heterocycles. The molecule has 5 nitrogen and oxygen atoms in total. The standard InChI is InChI=1S/C12H8N2O3S/c13-10-9(12(15)16)14-11(18-10)7-5-17-8-4-2-1-3-6(7)8/h1-5H,13H2,(H,15,16). The van der Waals surface area contributed by atoms with Gasteiger partial charge in [-0.3, -0.25) is 0 Å². The molecule has 18 heavy (non-hydrogen) atoms. The number of hydrogen-bond acceptors (Lipinski definition) is 5. The minimum atomic E-state index is -1.12. The lowest BCUT2D eigenvalue weighted by atomic mass is 10.2. The lowest BCUT2D eigenvalue weighted by Crippen LogP contribution is -2.00. The number of nitrogen functional groups attached to an aromatic ring is 1. The summed E-state index contributed by atoms with van der Waals surface area (Å²) in [7, 11) is 0. The fourth-order valence-electron chi connectivity index (χ4n) is 1.74. The summed E-state index contributed by atoms with van der Waals surface area (Å²) in [6, 6.07) is 7.49. The minimum Gasteiger partial charge on any atom is -0.476 e. The Morgan fingerprint density at radius 2 is 2.17 bits per heavy atom. The molecule has 0 spiro atoms. The molecule has 1 aromatic carbocycles. The summed E-state index contributed by atoms with van der Waals surface area (Å²) in [6.07, 6.45) is 1.56. The molecular formula is C12H8N2O3S. The Hall–Kier alpha value is -2.34. The predicted molar refractivity (Wildman–Crippen MR) is 68.7 cm³/mol. The van der Waals surface area contributed by atoms with Gasteiger partial charge in [0.15, 0.2) is 5.69 Å². The van der Waals surface area contributed by atoms with Crippen molar-refractivity contribution < 1.29 is 14.3 Å². The van der Waals surface area contributed by atoms with Crippen LogP contribution in [0.25, 0.3) is 21.5 Å². The van der Waals surface area contributed by atoms with E-state index in [1.54, 1.807) is 6.26 Å². The molecule has 2 heterocycles. The second-order valence-corrected chi connectivity index (χ2v) is 4.71. The first-order valence-corrected chi connectivity index (χ1v) is 5.94. The number of carboxylic acids is 1. The van der Waals surface area contributed by atoms with Gasteiger partial charge in [0.05, 0.1) is 5.56 Å². The van der Waals surface area contributed by atoms with E-state index in [0.29, 0.717) is 5.01 Å². The molecule has 0 aliphatic heterocycles. The number of nitrogens with zero attached hydrogens (tertiary/aromatic N) is 1. The second-order valence-electron chi connectivity index (χ2n) is 3.68. The second kappa shape index (κ2) is 3.85. The third-order valence-electron chi connectivity index (χ3n) is 2.57. The monoisotopic (exact) mass is 260 g/mol. The van der Waals surface area contributed by atoms with Crippen molar-refractivity contribution >= 4 is 33.3 Å². The summed E-state index contributed by atoms with van der Waals surface area (Å²) in [6.45, 7) is 0. The first-order chi connectivity index (χ1) is 8.66. The van der Waals surface area contributed by atoms with Crippen LogP contribution in [0.2, 0.25) is 0 Å². The number of furan rings is 1. The van der Waals surface area contributed by atoms with Gasteiger partial charge in [-0.05, 0) is 6.07 Å². The number of nitrogens with two attached hydrogens (primary N) is 1. The van der Waals surface area contributed by atoms with E-state index in [2.05, 4.69) is 4.98 Å². The number of para-hydroxylation sites is 1. The van der Waals surface area contributed by atoms with Crippen LogP contribution in [0.1, 0.15) is 10.5 Å². The Balaban J connectivity index is 2.20. The molecule has 0 fully saturated rings. The van der Waals surface area contributed by atoms with Crippen molar-refractivity contribution in [3.05, 3.63) is 36.2 Å². The Kier molecular flexibility index (Phi) is 2.31. The van der Waals surface area contributed by atoms with Gasteiger partial charge in [0.25, 0.3) is 0 Å². The van der Waals surface area contributed by atoms with Gasteiger partial charge in [-0.2, -0.15) is 0 Å². The number of carbonyl (C=O) groups is 1. The summed E-state index contributed by atoms with van der Waals surface area (Å²) < 4.78 is 5.39. The smallest absolute Gasteiger partial charge is 0.357 e. The highest BCUT2D eigenvalue weighted by atomic mass is 32.1. The van der Waals surface area contributed by atoms with Gasteiger partial charge in [-0.15, -0.1) is 0 Å². The largest absolute Gasteiger partial charge is 0.476 e. The number of rotatable bonds is 2. The Labute approximate surface area is 105 Å². The molecule has 3 rings (SSSR count). The van der Waals surface area contributed by atoms with Crippen LogP contribution in [-0.4, -0.2) is 16.1 Å². The highest BCUT2D eigenvalue weighted by Gasteiger charge is 2.18. The molecule has 0 unspecified atom stereocenters. The lowest BCUT2D eigenvalue weighted by Gasteiger charge is -1.90. The molecule has 90 valence electrons. The number of hydrogen-bond donors (Lipinski definition) is 2. The molecule has 0 atom stereocenters. The molecule has 3 aromatic rings. The molecule has 3 N–H and O–H groups in total. The van der Waals surface area contributed by atoms with Gasteiger partial charge in [-0.25, -0.2) is 9.78 Å². The number of aromatic carboxylic acids is 1. The fraction of sp³-hybridized carbons (Fsp3) is 0. The Morgan fingerprint density at radius 3 is 2.89 bits per heavy atom. The van der Waals surface area contributed by atoms with Crippen LogP contribution in [-0.2, 0) is 0 Å². The highest BCUT2D eigenvalue weighted by Crippen LogP contribution is 2.35. The summed E-state index contributed by atoms with van der Waals surface area (Å²) in [4.78, 5) is 14.9. The summed E-state index contributed by atoms with van der Waals surface area (Å²) >= 11 is 1.14. The molecular weight excluding hydrogens is 252 g/mol. The van der Waals surface area contributed by atoms with Crippen LogP contribution < -0.4 is 5.73 Å². The molecule has 0 saturated carbocycles. The number of carboxylic acid groups (broad SMARTS) is 1. The zero-order valence-electron chi connectivity index (χ0n) is 9.08. The molecule has 0 amide bonds. The number of aromatic nitrogens is 1. The van der Waals surface area contributed by atoms with Crippen LogP contribution in [0.4, 0.5) is 5.00 Å². The van der Waals surface area contributed by atoms with Gasteiger partial charge in [0, 0.05) is 5.39 Å². The predicted octanol–water partition coefficient (Wildman–Crippen LogP) is 2.84. The van der Waals surface area contributed by atoms with Gasteiger partial charge in [0.2, 0.25) is 0 Å². The van der Waals surface area contributed by atoms with Gasteiger partial charge >= 0.3 is 5.97 Å². The number of fused-ring (bicyclic) bond motifs is 1. The molecule has 0 saturated heterocycles. The van der Waals surface area contributed by atoms with Gasteiger partial charge in [-0.1, -0.05) is 29.5 Å². The maximum absolute atomic E-state index is 10.9. The van der Waals surface area contributed by atoms with Crippen molar-refractivity contribution in [2.75, 3.05) is 5.73 Å². The molecule has 0 bridgehead atoms. The van der Waals surface area contributed by atoms with E-state index in [0.717, 1.165) is 27.9 Å². The Morgan fingerprint density at radius 1 is 1.39 bits per heavy atom. The van der Waals surface area contributed by atoms with Gasteiger partial charge < -0.3 is 15.3 Å². The minimum absolute atomic E-state index is 0.111. The average molecular weight is 260 g/mol. The van der Waals surface area contributed by atoms with E-state index in [-0.39, 0.29) is 10.7 Å². The number of thiazole rings is 1. The van der Waals surface area contributed by atoms with Crippen molar-refractivity contribution in [1.29, 1.82) is 0 Å². The maximum Gasteiger partial charge on any atom is 0.357 e. The quantitative estimate of drug-likeness (QED) is 0.739. The van der Waals surface area contributed by atoms with E-state index in [1.807, 2.05) is 24.3 Å². The lowest BCUT2D eigenvalue weighted by molar-refractivity contribution is 0.0692.